The SMILES string of the molecule is CCCNCc1cccc(CN(C)CC2CCCCO2)c1. The molecule has 1 saturated heterocycles. The lowest BCUT2D eigenvalue weighted by Crippen LogP contribution is -2.33. The average molecular weight is 290 g/mol. The topological polar surface area (TPSA) is 24.5 Å². The van der Waals surface area contributed by atoms with Crippen LogP contribution in [0.5, 0.6) is 0 Å². The Bertz CT molecular complexity index is 402. The molecule has 1 atom stereocenters. The van der Waals surface area contributed by atoms with Gasteiger partial charge in [-0.05, 0) is 50.4 Å². The van der Waals surface area contributed by atoms with E-state index in [1.54, 1.807) is 0 Å². The Kier molecular flexibility index (Phi) is 7.20. The summed E-state index contributed by atoms with van der Waals surface area (Å²) in [5, 5.41) is 3.46. The van der Waals surface area contributed by atoms with Gasteiger partial charge in [-0.15, -0.1) is 0 Å². The second-order valence-electron chi connectivity index (χ2n) is 6.18. The monoisotopic (exact) mass is 290 g/mol. The van der Waals surface area contributed by atoms with Crippen molar-refractivity contribution < 1.29 is 4.74 Å². The molecule has 1 fully saturated rings. The first-order chi connectivity index (χ1) is 10.3. The third kappa shape index (κ3) is 6.16. The van der Waals surface area contributed by atoms with Gasteiger partial charge in [0, 0.05) is 26.2 Å². The Morgan fingerprint density at radius 1 is 1.29 bits per heavy atom. The minimum absolute atomic E-state index is 0.429. The van der Waals surface area contributed by atoms with E-state index < -0.39 is 0 Å². The van der Waals surface area contributed by atoms with E-state index in [0.717, 1.165) is 32.8 Å². The van der Waals surface area contributed by atoms with E-state index in [0.29, 0.717) is 6.10 Å². The summed E-state index contributed by atoms with van der Waals surface area (Å²) in [5.41, 5.74) is 2.77. The van der Waals surface area contributed by atoms with Crippen molar-refractivity contribution in [3.63, 3.8) is 0 Å². The number of hydrogen-bond donors (Lipinski definition) is 1. The molecular formula is C18H30N2O. The van der Waals surface area contributed by atoms with Crippen LogP contribution in [0.1, 0.15) is 43.7 Å². The minimum atomic E-state index is 0.429. The van der Waals surface area contributed by atoms with E-state index in [4.69, 9.17) is 4.74 Å². The van der Waals surface area contributed by atoms with Crippen molar-refractivity contribution in [3.8, 4) is 0 Å². The van der Waals surface area contributed by atoms with Gasteiger partial charge in [0.2, 0.25) is 0 Å². The van der Waals surface area contributed by atoms with Crippen molar-refractivity contribution in [1.82, 2.24) is 10.2 Å². The quantitative estimate of drug-likeness (QED) is 0.744. The number of nitrogens with zero attached hydrogens (tertiary/aromatic N) is 1. The van der Waals surface area contributed by atoms with E-state index >= 15 is 0 Å². The van der Waals surface area contributed by atoms with Crippen LogP contribution < -0.4 is 5.32 Å². The molecule has 0 amide bonds. The van der Waals surface area contributed by atoms with Crippen molar-refractivity contribution in [2.24, 2.45) is 0 Å². The first kappa shape index (κ1) is 16.5. The molecule has 1 heterocycles. The highest BCUT2D eigenvalue weighted by atomic mass is 16.5. The third-order valence-electron chi connectivity index (χ3n) is 3.99. The van der Waals surface area contributed by atoms with E-state index in [2.05, 4.69) is 48.5 Å². The van der Waals surface area contributed by atoms with Gasteiger partial charge in [0.25, 0.3) is 0 Å². The van der Waals surface area contributed by atoms with Crippen LogP contribution in [-0.2, 0) is 17.8 Å². The highest BCUT2D eigenvalue weighted by Crippen LogP contribution is 2.15. The van der Waals surface area contributed by atoms with Crippen LogP contribution in [0.25, 0.3) is 0 Å². The number of ether oxygens (including phenoxy) is 1. The van der Waals surface area contributed by atoms with Crippen molar-refractivity contribution in [2.75, 3.05) is 26.7 Å². The summed E-state index contributed by atoms with van der Waals surface area (Å²) in [4.78, 5) is 2.38. The van der Waals surface area contributed by atoms with E-state index in [9.17, 15) is 0 Å². The average Bonchev–Trinajstić information content (AvgIpc) is 2.49. The first-order valence-corrected chi connectivity index (χ1v) is 8.36. The number of likely N-dealkylation sites (N-methyl/N-ethyl adjacent to an activating group) is 1. The first-order valence-electron chi connectivity index (χ1n) is 8.36. The number of nitrogens with one attached hydrogen (secondary N) is 1. The molecule has 1 unspecified atom stereocenters. The van der Waals surface area contributed by atoms with Crippen LogP contribution >= 0.6 is 0 Å². The van der Waals surface area contributed by atoms with Crippen LogP contribution in [0.2, 0.25) is 0 Å². The fourth-order valence-electron chi connectivity index (χ4n) is 2.92. The second kappa shape index (κ2) is 9.19. The summed E-state index contributed by atoms with van der Waals surface area (Å²) < 4.78 is 5.82. The number of hydrogen-bond acceptors (Lipinski definition) is 3. The fourth-order valence-corrected chi connectivity index (χ4v) is 2.92. The summed E-state index contributed by atoms with van der Waals surface area (Å²) in [5.74, 6) is 0. The summed E-state index contributed by atoms with van der Waals surface area (Å²) in [6, 6.07) is 8.92. The van der Waals surface area contributed by atoms with Gasteiger partial charge in [0.05, 0.1) is 6.10 Å². The molecule has 0 bridgehead atoms. The van der Waals surface area contributed by atoms with Crippen molar-refractivity contribution in [1.29, 1.82) is 0 Å². The van der Waals surface area contributed by atoms with Crippen molar-refractivity contribution in [2.45, 2.75) is 51.8 Å². The molecule has 0 aliphatic carbocycles. The number of rotatable bonds is 8. The maximum atomic E-state index is 5.82. The van der Waals surface area contributed by atoms with Crippen LogP contribution in [0.3, 0.4) is 0 Å². The molecule has 1 aromatic carbocycles. The molecule has 3 heteroatoms. The molecule has 1 aliphatic heterocycles. The van der Waals surface area contributed by atoms with E-state index in [1.807, 2.05) is 0 Å². The molecule has 3 nitrogen and oxygen atoms in total. The van der Waals surface area contributed by atoms with Crippen LogP contribution in [0.15, 0.2) is 24.3 Å². The maximum absolute atomic E-state index is 5.82. The summed E-state index contributed by atoms with van der Waals surface area (Å²) in [6.45, 7) is 7.24. The molecule has 2 rings (SSSR count). The number of benzene rings is 1. The Morgan fingerprint density at radius 2 is 2.14 bits per heavy atom. The summed E-state index contributed by atoms with van der Waals surface area (Å²) >= 11 is 0. The molecule has 0 spiro atoms. The zero-order valence-electron chi connectivity index (χ0n) is 13.6. The Hall–Kier alpha value is -0.900. The molecule has 1 N–H and O–H groups in total. The van der Waals surface area contributed by atoms with Gasteiger partial charge >= 0.3 is 0 Å². The normalized spacial score (nSPS) is 19.1. The fraction of sp³-hybridized carbons (Fsp3) is 0.667. The Morgan fingerprint density at radius 3 is 2.90 bits per heavy atom. The highest BCUT2D eigenvalue weighted by Gasteiger charge is 2.15. The van der Waals surface area contributed by atoms with Gasteiger partial charge in [-0.1, -0.05) is 31.2 Å². The van der Waals surface area contributed by atoms with Crippen molar-refractivity contribution >= 4 is 0 Å². The van der Waals surface area contributed by atoms with Gasteiger partial charge in [0.15, 0.2) is 0 Å². The molecular weight excluding hydrogens is 260 g/mol. The summed E-state index contributed by atoms with van der Waals surface area (Å²) in [6.07, 6.45) is 5.37. The molecule has 0 saturated carbocycles. The highest BCUT2D eigenvalue weighted by molar-refractivity contribution is 5.23. The minimum Gasteiger partial charge on any atom is -0.377 e. The zero-order chi connectivity index (χ0) is 14.9. The zero-order valence-corrected chi connectivity index (χ0v) is 13.6. The molecule has 1 aromatic rings. The van der Waals surface area contributed by atoms with Gasteiger partial charge in [-0.3, -0.25) is 4.90 Å². The predicted molar refractivity (Wildman–Crippen MR) is 88.4 cm³/mol. The largest absolute Gasteiger partial charge is 0.377 e. The second-order valence-corrected chi connectivity index (χ2v) is 6.18. The molecule has 21 heavy (non-hydrogen) atoms. The predicted octanol–water partition coefficient (Wildman–Crippen LogP) is 3.19. The van der Waals surface area contributed by atoms with Crippen molar-refractivity contribution in [3.05, 3.63) is 35.4 Å². The molecule has 0 aromatic heterocycles. The van der Waals surface area contributed by atoms with E-state index in [-0.39, 0.29) is 0 Å². The van der Waals surface area contributed by atoms with E-state index in [1.165, 1.54) is 36.8 Å². The lowest BCUT2D eigenvalue weighted by atomic mass is 10.1. The van der Waals surface area contributed by atoms with Crippen LogP contribution in [0, 0.1) is 0 Å². The van der Waals surface area contributed by atoms with Crippen LogP contribution in [-0.4, -0.2) is 37.7 Å². The molecule has 118 valence electrons. The van der Waals surface area contributed by atoms with Gasteiger partial charge in [0.1, 0.15) is 0 Å². The van der Waals surface area contributed by atoms with Gasteiger partial charge in [-0.2, -0.15) is 0 Å². The maximum Gasteiger partial charge on any atom is 0.0702 e. The van der Waals surface area contributed by atoms with Crippen LogP contribution in [0.4, 0.5) is 0 Å². The van der Waals surface area contributed by atoms with Gasteiger partial charge < -0.3 is 10.1 Å². The lowest BCUT2D eigenvalue weighted by molar-refractivity contribution is -0.00259. The molecule has 0 radical (unpaired) electrons. The third-order valence-corrected chi connectivity index (χ3v) is 3.99. The molecule has 1 aliphatic rings. The summed E-state index contributed by atoms with van der Waals surface area (Å²) in [7, 11) is 2.19. The van der Waals surface area contributed by atoms with Gasteiger partial charge in [-0.25, -0.2) is 0 Å². The standard InChI is InChI=1S/C18H30N2O/c1-3-10-19-13-16-7-6-8-17(12-16)14-20(2)15-18-9-4-5-11-21-18/h6-8,12,18-19H,3-5,9-11,13-15H2,1-2H3. The Labute approximate surface area is 129 Å². The Balaban J connectivity index is 1.79. The smallest absolute Gasteiger partial charge is 0.0702 e. The lowest BCUT2D eigenvalue weighted by Gasteiger charge is -2.27.